The number of nitrogens with zero attached hydrogens (tertiary/aromatic N) is 1. The molecule has 0 aliphatic carbocycles. The maximum absolute atomic E-state index is 12.4. The number of likely N-dealkylation sites (tertiary alicyclic amines) is 1. The van der Waals surface area contributed by atoms with Crippen molar-refractivity contribution < 1.29 is 17.9 Å². The van der Waals surface area contributed by atoms with E-state index in [9.17, 15) is 13.2 Å². The van der Waals surface area contributed by atoms with Crippen LogP contribution in [0.3, 0.4) is 0 Å². The van der Waals surface area contributed by atoms with E-state index < -0.39 is 15.6 Å². The van der Waals surface area contributed by atoms with Gasteiger partial charge in [-0.2, -0.15) is 0 Å². The predicted octanol–water partition coefficient (Wildman–Crippen LogP) is 0.342. The van der Waals surface area contributed by atoms with Crippen molar-refractivity contribution in [3.05, 3.63) is 0 Å². The van der Waals surface area contributed by atoms with Crippen LogP contribution in [0.2, 0.25) is 0 Å². The molecule has 0 bridgehead atoms. The zero-order valence-electron chi connectivity index (χ0n) is 12.1. The molecule has 1 heterocycles. The summed E-state index contributed by atoms with van der Waals surface area (Å²) in [5.41, 5.74) is -0.874. The van der Waals surface area contributed by atoms with E-state index in [1.54, 1.807) is 18.7 Å². The molecule has 1 rings (SSSR count). The summed E-state index contributed by atoms with van der Waals surface area (Å²) in [6.07, 6.45) is 3.89. The summed E-state index contributed by atoms with van der Waals surface area (Å²) < 4.78 is 30.0. The molecule has 0 aromatic heterocycles. The highest BCUT2D eigenvalue weighted by Crippen LogP contribution is 2.22. The lowest BCUT2D eigenvalue weighted by Crippen LogP contribution is -2.55. The van der Waals surface area contributed by atoms with Crippen molar-refractivity contribution in [1.29, 1.82) is 0 Å². The van der Waals surface area contributed by atoms with Crippen LogP contribution in [0.15, 0.2) is 0 Å². The van der Waals surface area contributed by atoms with E-state index in [4.69, 9.17) is 4.74 Å². The number of piperidine rings is 1. The van der Waals surface area contributed by atoms with Gasteiger partial charge in [0, 0.05) is 26.2 Å². The molecule has 112 valence electrons. The predicted molar refractivity (Wildman–Crippen MR) is 73.3 cm³/mol. The second kappa shape index (κ2) is 6.19. The number of sulfonamides is 1. The maximum Gasteiger partial charge on any atom is 0.254 e. The number of amides is 1. The van der Waals surface area contributed by atoms with Crippen LogP contribution < -0.4 is 4.72 Å². The van der Waals surface area contributed by atoms with Crippen molar-refractivity contribution >= 4 is 15.9 Å². The molecule has 0 radical (unpaired) electrons. The molecule has 1 N–H and O–H groups in total. The number of methoxy groups -OCH3 is 1. The maximum atomic E-state index is 12.4. The van der Waals surface area contributed by atoms with E-state index >= 15 is 0 Å². The summed E-state index contributed by atoms with van der Waals surface area (Å²) in [6, 6.07) is -0.0922. The fraction of sp³-hybridized carbons (Fsp3) is 0.917. The second-order valence-corrected chi connectivity index (χ2v) is 7.32. The number of ether oxygens (including phenoxy) is 1. The van der Waals surface area contributed by atoms with Gasteiger partial charge in [-0.3, -0.25) is 4.79 Å². The van der Waals surface area contributed by atoms with Crippen LogP contribution in [0.1, 0.15) is 33.1 Å². The smallest absolute Gasteiger partial charge is 0.254 e. The number of hydrogen-bond donors (Lipinski definition) is 1. The van der Waals surface area contributed by atoms with E-state index in [-0.39, 0.29) is 18.5 Å². The summed E-state index contributed by atoms with van der Waals surface area (Å²) in [4.78, 5) is 14.2. The summed E-state index contributed by atoms with van der Waals surface area (Å²) in [6.45, 7) is 4.38. The second-order valence-electron chi connectivity index (χ2n) is 5.48. The first-order chi connectivity index (χ1) is 8.67. The van der Waals surface area contributed by atoms with Gasteiger partial charge in [-0.15, -0.1) is 0 Å². The minimum atomic E-state index is -3.23. The van der Waals surface area contributed by atoms with Gasteiger partial charge in [0.15, 0.2) is 0 Å². The Kier molecular flexibility index (Phi) is 5.34. The third-order valence-corrected chi connectivity index (χ3v) is 4.19. The van der Waals surface area contributed by atoms with Crippen LogP contribution in [0.5, 0.6) is 0 Å². The van der Waals surface area contributed by atoms with Crippen molar-refractivity contribution in [2.45, 2.75) is 44.8 Å². The molecule has 1 aliphatic rings. The lowest BCUT2D eigenvalue weighted by Gasteiger charge is -2.39. The summed E-state index contributed by atoms with van der Waals surface area (Å²) in [5, 5.41) is 0. The molecule has 6 nitrogen and oxygen atoms in total. The van der Waals surface area contributed by atoms with Gasteiger partial charge in [0.05, 0.1) is 6.26 Å². The molecule has 1 atom stereocenters. The van der Waals surface area contributed by atoms with Gasteiger partial charge in [-0.05, 0) is 33.1 Å². The molecular weight excluding hydrogens is 268 g/mol. The average Bonchev–Trinajstić information content (AvgIpc) is 2.35. The monoisotopic (exact) mass is 292 g/mol. The van der Waals surface area contributed by atoms with Crippen LogP contribution in [0.4, 0.5) is 0 Å². The normalized spacial score (nSPS) is 21.5. The van der Waals surface area contributed by atoms with Crippen molar-refractivity contribution in [2.75, 3.05) is 26.5 Å². The lowest BCUT2D eigenvalue weighted by molar-refractivity contribution is -0.154. The number of carbonyl (C=O) groups is 1. The first-order valence-electron chi connectivity index (χ1n) is 6.48. The molecule has 1 aliphatic heterocycles. The Morgan fingerprint density at radius 1 is 1.42 bits per heavy atom. The van der Waals surface area contributed by atoms with Crippen LogP contribution in [-0.2, 0) is 19.6 Å². The highest BCUT2D eigenvalue weighted by atomic mass is 32.2. The average molecular weight is 292 g/mol. The number of carbonyl (C=O) groups excluding carboxylic acids is 1. The Hall–Kier alpha value is -0.660. The minimum Gasteiger partial charge on any atom is -0.369 e. The van der Waals surface area contributed by atoms with E-state index in [0.29, 0.717) is 6.54 Å². The highest BCUT2D eigenvalue weighted by molar-refractivity contribution is 7.88. The number of nitrogens with one attached hydrogen (secondary N) is 1. The zero-order valence-corrected chi connectivity index (χ0v) is 12.9. The van der Waals surface area contributed by atoms with E-state index in [1.165, 1.54) is 7.11 Å². The molecule has 1 unspecified atom stereocenters. The van der Waals surface area contributed by atoms with Crippen molar-refractivity contribution in [1.82, 2.24) is 9.62 Å². The fourth-order valence-electron chi connectivity index (χ4n) is 2.16. The molecule has 0 aromatic rings. The minimum absolute atomic E-state index is 0.0880. The summed E-state index contributed by atoms with van der Waals surface area (Å²) in [5.74, 6) is -0.0880. The van der Waals surface area contributed by atoms with Gasteiger partial charge >= 0.3 is 0 Å². The fourth-order valence-corrected chi connectivity index (χ4v) is 2.66. The van der Waals surface area contributed by atoms with Gasteiger partial charge in [-0.25, -0.2) is 13.1 Å². The number of hydrogen-bond acceptors (Lipinski definition) is 4. The Morgan fingerprint density at radius 3 is 2.58 bits per heavy atom. The molecule has 0 aromatic carbocycles. The van der Waals surface area contributed by atoms with Crippen molar-refractivity contribution in [3.63, 3.8) is 0 Å². The molecular formula is C12H24N2O4S. The first kappa shape index (κ1) is 16.4. The molecule has 1 saturated heterocycles. The van der Waals surface area contributed by atoms with E-state index in [2.05, 4.69) is 4.72 Å². The highest BCUT2D eigenvalue weighted by Gasteiger charge is 2.36. The van der Waals surface area contributed by atoms with Crippen molar-refractivity contribution in [2.24, 2.45) is 0 Å². The van der Waals surface area contributed by atoms with Gasteiger partial charge in [0.1, 0.15) is 5.60 Å². The Morgan fingerprint density at radius 2 is 2.05 bits per heavy atom. The largest absolute Gasteiger partial charge is 0.369 e. The molecule has 19 heavy (non-hydrogen) atoms. The van der Waals surface area contributed by atoms with Gasteiger partial charge in [0.2, 0.25) is 10.0 Å². The number of rotatable bonds is 5. The third-order valence-electron chi connectivity index (χ3n) is 3.49. The summed E-state index contributed by atoms with van der Waals surface area (Å²) in [7, 11) is -1.73. The Balaban J connectivity index is 2.75. The van der Waals surface area contributed by atoms with Gasteiger partial charge in [-0.1, -0.05) is 0 Å². The Bertz CT molecular complexity index is 419. The van der Waals surface area contributed by atoms with Gasteiger partial charge < -0.3 is 9.64 Å². The van der Waals surface area contributed by atoms with Crippen LogP contribution in [0.25, 0.3) is 0 Å². The molecule has 7 heteroatoms. The first-order valence-corrected chi connectivity index (χ1v) is 8.37. The lowest BCUT2D eigenvalue weighted by atomic mass is 9.98. The van der Waals surface area contributed by atoms with E-state index in [0.717, 1.165) is 25.5 Å². The standard InChI is InChI=1S/C12H24N2O4S/c1-12(2,18-3)11(15)14-8-6-5-7-10(14)9-13-19(4,16)17/h10,13H,5-9H2,1-4H3. The van der Waals surface area contributed by atoms with Crippen LogP contribution in [0, 0.1) is 0 Å². The van der Waals surface area contributed by atoms with Gasteiger partial charge in [0.25, 0.3) is 5.91 Å². The van der Waals surface area contributed by atoms with E-state index in [1.807, 2.05) is 0 Å². The van der Waals surface area contributed by atoms with Crippen LogP contribution >= 0.6 is 0 Å². The van der Waals surface area contributed by atoms with Crippen LogP contribution in [-0.4, -0.2) is 57.3 Å². The molecule has 1 fully saturated rings. The summed E-state index contributed by atoms with van der Waals surface area (Å²) >= 11 is 0. The zero-order chi connectivity index (χ0) is 14.7. The quantitative estimate of drug-likeness (QED) is 0.793. The molecule has 0 saturated carbocycles. The SMILES string of the molecule is COC(C)(C)C(=O)N1CCCCC1CNS(C)(=O)=O. The third kappa shape index (κ3) is 4.74. The van der Waals surface area contributed by atoms with Crippen molar-refractivity contribution in [3.8, 4) is 0 Å². The topological polar surface area (TPSA) is 75.7 Å². The molecule has 0 spiro atoms. The molecule has 1 amide bonds. The Labute approximate surface area is 115 Å².